The monoisotopic (exact) mass is 271 g/mol. The van der Waals surface area contributed by atoms with Crippen molar-refractivity contribution in [2.75, 3.05) is 7.05 Å². The Balaban J connectivity index is 2.08. The first-order valence-corrected chi connectivity index (χ1v) is 6.31. The lowest BCUT2D eigenvalue weighted by molar-refractivity contribution is 0.100. The first-order valence-electron chi connectivity index (χ1n) is 6.31. The van der Waals surface area contributed by atoms with E-state index in [1.165, 1.54) is 0 Å². The summed E-state index contributed by atoms with van der Waals surface area (Å²) in [5.41, 5.74) is 6.71. The van der Waals surface area contributed by atoms with Crippen LogP contribution in [-0.4, -0.2) is 17.9 Å². The lowest BCUT2D eigenvalue weighted by Crippen LogP contribution is -2.12. The number of carbonyl (C=O) groups excluding carboxylic acids is 1. The summed E-state index contributed by atoms with van der Waals surface area (Å²) in [4.78, 5) is 15.2. The van der Waals surface area contributed by atoms with Gasteiger partial charge in [-0.3, -0.25) is 4.79 Å². The Hall–Kier alpha value is -2.40. The maximum absolute atomic E-state index is 11.0. The minimum atomic E-state index is -0.458. The maximum atomic E-state index is 11.0. The zero-order chi connectivity index (χ0) is 14.5. The average Bonchev–Trinajstić information content (AvgIpc) is 2.48. The molecule has 20 heavy (non-hydrogen) atoms. The fourth-order valence-electron chi connectivity index (χ4n) is 1.68. The molecular formula is C15H17N3O2. The van der Waals surface area contributed by atoms with Crippen molar-refractivity contribution in [3.8, 4) is 11.6 Å². The molecule has 0 aliphatic heterocycles. The van der Waals surface area contributed by atoms with Gasteiger partial charge in [-0.2, -0.15) is 0 Å². The Morgan fingerprint density at radius 3 is 2.45 bits per heavy atom. The highest BCUT2D eigenvalue weighted by Crippen LogP contribution is 2.21. The SMILES string of the molecule is CNC(C)c1ccc(Oc2ccc(C(N)=O)cc2)nc1. The van der Waals surface area contributed by atoms with Gasteiger partial charge in [-0.05, 0) is 43.8 Å². The summed E-state index contributed by atoms with van der Waals surface area (Å²) in [6.45, 7) is 2.06. The van der Waals surface area contributed by atoms with Crippen LogP contribution in [0, 0.1) is 0 Å². The number of benzene rings is 1. The molecule has 5 heteroatoms. The molecule has 0 saturated heterocycles. The fourth-order valence-corrected chi connectivity index (χ4v) is 1.68. The summed E-state index contributed by atoms with van der Waals surface area (Å²) in [6, 6.07) is 10.6. The summed E-state index contributed by atoms with van der Waals surface area (Å²) in [5.74, 6) is 0.654. The van der Waals surface area contributed by atoms with E-state index in [2.05, 4.69) is 17.2 Å². The quantitative estimate of drug-likeness (QED) is 0.874. The first-order chi connectivity index (χ1) is 9.60. The molecule has 0 aliphatic rings. The second-order valence-corrected chi connectivity index (χ2v) is 4.43. The van der Waals surface area contributed by atoms with Crippen LogP contribution in [0.5, 0.6) is 11.6 Å². The van der Waals surface area contributed by atoms with E-state index < -0.39 is 5.91 Å². The minimum Gasteiger partial charge on any atom is -0.439 e. The van der Waals surface area contributed by atoms with E-state index in [9.17, 15) is 4.79 Å². The molecule has 0 aliphatic carbocycles. The van der Waals surface area contributed by atoms with E-state index in [1.54, 1.807) is 30.5 Å². The molecule has 1 atom stereocenters. The van der Waals surface area contributed by atoms with Gasteiger partial charge >= 0.3 is 0 Å². The van der Waals surface area contributed by atoms with Crippen molar-refractivity contribution in [1.29, 1.82) is 0 Å². The third-order valence-corrected chi connectivity index (χ3v) is 3.05. The van der Waals surface area contributed by atoms with Crippen LogP contribution in [0.25, 0.3) is 0 Å². The van der Waals surface area contributed by atoms with Crippen molar-refractivity contribution >= 4 is 5.91 Å². The Morgan fingerprint density at radius 2 is 1.95 bits per heavy atom. The molecule has 1 aromatic carbocycles. The van der Waals surface area contributed by atoms with Crippen LogP contribution in [-0.2, 0) is 0 Å². The number of hydrogen-bond donors (Lipinski definition) is 2. The van der Waals surface area contributed by atoms with Crippen molar-refractivity contribution in [2.45, 2.75) is 13.0 Å². The molecule has 0 bridgehead atoms. The third-order valence-electron chi connectivity index (χ3n) is 3.05. The molecular weight excluding hydrogens is 254 g/mol. The summed E-state index contributed by atoms with van der Waals surface area (Å²) >= 11 is 0. The highest BCUT2D eigenvalue weighted by molar-refractivity contribution is 5.92. The number of nitrogens with one attached hydrogen (secondary N) is 1. The van der Waals surface area contributed by atoms with Crippen molar-refractivity contribution in [1.82, 2.24) is 10.3 Å². The molecule has 1 heterocycles. The van der Waals surface area contributed by atoms with Crippen molar-refractivity contribution in [2.24, 2.45) is 5.73 Å². The van der Waals surface area contributed by atoms with E-state index in [1.807, 2.05) is 19.2 Å². The number of hydrogen-bond acceptors (Lipinski definition) is 4. The topological polar surface area (TPSA) is 77.2 Å². The Morgan fingerprint density at radius 1 is 1.25 bits per heavy atom. The molecule has 5 nitrogen and oxygen atoms in total. The predicted molar refractivity (Wildman–Crippen MR) is 76.7 cm³/mol. The zero-order valence-corrected chi connectivity index (χ0v) is 11.5. The fraction of sp³-hybridized carbons (Fsp3) is 0.200. The summed E-state index contributed by atoms with van der Waals surface area (Å²) in [7, 11) is 1.90. The average molecular weight is 271 g/mol. The van der Waals surface area contributed by atoms with E-state index in [0.717, 1.165) is 5.56 Å². The van der Waals surface area contributed by atoms with Gasteiger partial charge in [-0.1, -0.05) is 6.07 Å². The zero-order valence-electron chi connectivity index (χ0n) is 11.5. The van der Waals surface area contributed by atoms with Crippen LogP contribution in [0.3, 0.4) is 0 Å². The normalized spacial score (nSPS) is 11.9. The van der Waals surface area contributed by atoms with Crippen LogP contribution >= 0.6 is 0 Å². The molecule has 2 aromatic rings. The Bertz CT molecular complexity index is 579. The van der Waals surface area contributed by atoms with Crippen molar-refractivity contribution in [3.63, 3.8) is 0 Å². The molecule has 0 radical (unpaired) electrons. The van der Waals surface area contributed by atoms with Crippen LogP contribution in [0.4, 0.5) is 0 Å². The molecule has 2 rings (SSSR count). The number of rotatable bonds is 5. The number of carbonyl (C=O) groups is 1. The van der Waals surface area contributed by atoms with Gasteiger partial charge in [0, 0.05) is 23.9 Å². The number of primary amides is 1. The summed E-state index contributed by atoms with van der Waals surface area (Å²) in [5, 5.41) is 3.14. The Kier molecular flexibility index (Phi) is 4.32. The van der Waals surface area contributed by atoms with Gasteiger partial charge in [0.25, 0.3) is 0 Å². The van der Waals surface area contributed by atoms with E-state index in [0.29, 0.717) is 17.2 Å². The highest BCUT2D eigenvalue weighted by Gasteiger charge is 2.05. The molecule has 1 amide bonds. The van der Waals surface area contributed by atoms with Gasteiger partial charge in [-0.25, -0.2) is 4.98 Å². The molecule has 1 aromatic heterocycles. The summed E-state index contributed by atoms with van der Waals surface area (Å²) < 4.78 is 5.60. The van der Waals surface area contributed by atoms with Crippen LogP contribution in [0.2, 0.25) is 0 Å². The largest absolute Gasteiger partial charge is 0.439 e. The number of amides is 1. The van der Waals surface area contributed by atoms with Gasteiger partial charge in [0.2, 0.25) is 11.8 Å². The van der Waals surface area contributed by atoms with E-state index >= 15 is 0 Å². The van der Waals surface area contributed by atoms with Crippen molar-refractivity contribution in [3.05, 3.63) is 53.7 Å². The molecule has 0 fully saturated rings. The number of aromatic nitrogens is 1. The second-order valence-electron chi connectivity index (χ2n) is 4.43. The number of nitrogens with two attached hydrogens (primary N) is 1. The minimum absolute atomic E-state index is 0.242. The van der Waals surface area contributed by atoms with Gasteiger partial charge in [0.1, 0.15) is 5.75 Å². The van der Waals surface area contributed by atoms with Gasteiger partial charge in [-0.15, -0.1) is 0 Å². The highest BCUT2D eigenvalue weighted by atomic mass is 16.5. The van der Waals surface area contributed by atoms with Gasteiger partial charge in [0.05, 0.1) is 0 Å². The molecule has 1 unspecified atom stereocenters. The second kappa shape index (κ2) is 6.16. The van der Waals surface area contributed by atoms with E-state index in [4.69, 9.17) is 10.5 Å². The standard InChI is InChI=1S/C15H17N3O2/c1-10(17-2)12-5-8-14(18-9-12)20-13-6-3-11(4-7-13)15(16)19/h3-10,17H,1-2H3,(H2,16,19). The smallest absolute Gasteiger partial charge is 0.248 e. The van der Waals surface area contributed by atoms with Crippen molar-refractivity contribution < 1.29 is 9.53 Å². The van der Waals surface area contributed by atoms with Crippen LogP contribution in [0.1, 0.15) is 28.9 Å². The molecule has 3 N–H and O–H groups in total. The van der Waals surface area contributed by atoms with E-state index in [-0.39, 0.29) is 6.04 Å². The number of pyridine rings is 1. The predicted octanol–water partition coefficient (Wildman–Crippen LogP) is 2.25. The first kappa shape index (κ1) is 14.0. The number of nitrogens with zero attached hydrogens (tertiary/aromatic N) is 1. The molecule has 104 valence electrons. The Labute approximate surface area is 117 Å². The van der Waals surface area contributed by atoms with Crippen LogP contribution in [0.15, 0.2) is 42.6 Å². The summed E-state index contributed by atoms with van der Waals surface area (Å²) in [6.07, 6.45) is 1.77. The maximum Gasteiger partial charge on any atom is 0.248 e. The van der Waals surface area contributed by atoms with Gasteiger partial charge < -0.3 is 15.8 Å². The third kappa shape index (κ3) is 3.33. The lowest BCUT2D eigenvalue weighted by Gasteiger charge is -2.10. The van der Waals surface area contributed by atoms with Gasteiger partial charge in [0.15, 0.2) is 0 Å². The molecule has 0 saturated carbocycles. The number of ether oxygens (including phenoxy) is 1. The lowest BCUT2D eigenvalue weighted by atomic mass is 10.1. The van der Waals surface area contributed by atoms with Crippen LogP contribution < -0.4 is 15.8 Å². The molecule has 0 spiro atoms.